The second-order valence-electron chi connectivity index (χ2n) is 5.97. The Labute approximate surface area is 146 Å². The zero-order valence-electron chi connectivity index (χ0n) is 14.3. The molecule has 4 N–H and O–H groups in total. The van der Waals surface area contributed by atoms with E-state index in [1.807, 2.05) is 44.4 Å². The normalized spacial score (nSPS) is 10.6. The summed E-state index contributed by atoms with van der Waals surface area (Å²) >= 11 is 0. The van der Waals surface area contributed by atoms with Crippen LogP contribution in [0.25, 0.3) is 22.4 Å². The first-order valence-corrected chi connectivity index (χ1v) is 8.03. The molecule has 0 unspecified atom stereocenters. The van der Waals surface area contributed by atoms with E-state index in [-0.39, 0.29) is 5.82 Å². The summed E-state index contributed by atoms with van der Waals surface area (Å²) in [5.41, 5.74) is 17.5. The molecule has 6 heteroatoms. The molecule has 0 fully saturated rings. The van der Waals surface area contributed by atoms with E-state index in [1.54, 1.807) is 10.9 Å². The van der Waals surface area contributed by atoms with Crippen LogP contribution in [0.1, 0.15) is 16.7 Å². The second kappa shape index (κ2) is 6.75. The molecule has 0 amide bonds. The standard InChI is InChI=1S/C19H20N6/c1-12-17(14-5-3-13(4-6-14)7-8-20)16(9-21)19(22)24-18(12)15-10-23-25(2)11-15/h3-6,10-11H,7-8,20H2,1-2H3,(H2,22,24). The lowest BCUT2D eigenvalue weighted by molar-refractivity contribution is 0.768. The number of pyridine rings is 1. The van der Waals surface area contributed by atoms with Crippen LogP contribution in [-0.2, 0) is 13.5 Å². The van der Waals surface area contributed by atoms with Gasteiger partial charge in [0.1, 0.15) is 17.5 Å². The number of hydrogen-bond acceptors (Lipinski definition) is 5. The number of aromatic nitrogens is 3. The number of nitrogens with two attached hydrogens (primary N) is 2. The summed E-state index contributed by atoms with van der Waals surface area (Å²) in [4.78, 5) is 4.45. The Kier molecular flexibility index (Phi) is 4.50. The van der Waals surface area contributed by atoms with Crippen molar-refractivity contribution in [1.29, 1.82) is 5.26 Å². The average Bonchev–Trinajstić information content (AvgIpc) is 3.03. The SMILES string of the molecule is Cc1c(-c2cnn(C)c2)nc(N)c(C#N)c1-c1ccc(CCN)cc1. The van der Waals surface area contributed by atoms with E-state index >= 15 is 0 Å². The minimum atomic E-state index is 0.230. The van der Waals surface area contributed by atoms with Gasteiger partial charge in [-0.2, -0.15) is 10.4 Å². The summed E-state index contributed by atoms with van der Waals surface area (Å²) in [7, 11) is 1.85. The molecule has 0 aliphatic heterocycles. The predicted octanol–water partition coefficient (Wildman–Crippen LogP) is 2.41. The van der Waals surface area contributed by atoms with Crippen LogP contribution in [0.4, 0.5) is 5.82 Å². The third-order valence-electron chi connectivity index (χ3n) is 4.23. The van der Waals surface area contributed by atoms with Crippen molar-refractivity contribution >= 4 is 5.82 Å². The lowest BCUT2D eigenvalue weighted by Gasteiger charge is -2.14. The van der Waals surface area contributed by atoms with E-state index in [2.05, 4.69) is 16.2 Å². The highest BCUT2D eigenvalue weighted by molar-refractivity contribution is 5.84. The fraction of sp³-hybridized carbons (Fsp3) is 0.211. The van der Waals surface area contributed by atoms with Gasteiger partial charge in [-0.05, 0) is 36.6 Å². The lowest BCUT2D eigenvalue weighted by atomic mass is 9.93. The molecule has 0 saturated carbocycles. The molecule has 1 aromatic carbocycles. The van der Waals surface area contributed by atoms with Gasteiger partial charge in [-0.1, -0.05) is 24.3 Å². The van der Waals surface area contributed by atoms with Crippen molar-refractivity contribution in [3.05, 3.63) is 53.3 Å². The Morgan fingerprint density at radius 3 is 2.48 bits per heavy atom. The van der Waals surface area contributed by atoms with Crippen molar-refractivity contribution in [2.24, 2.45) is 12.8 Å². The van der Waals surface area contributed by atoms with Crippen LogP contribution in [0.3, 0.4) is 0 Å². The van der Waals surface area contributed by atoms with Crippen LogP contribution in [0, 0.1) is 18.3 Å². The first-order valence-electron chi connectivity index (χ1n) is 8.03. The van der Waals surface area contributed by atoms with E-state index in [0.717, 1.165) is 39.9 Å². The van der Waals surface area contributed by atoms with Crippen LogP contribution in [-0.4, -0.2) is 21.3 Å². The fourth-order valence-corrected chi connectivity index (χ4v) is 3.00. The maximum atomic E-state index is 9.59. The first-order chi connectivity index (χ1) is 12.0. The largest absolute Gasteiger partial charge is 0.383 e. The van der Waals surface area contributed by atoms with E-state index in [0.29, 0.717) is 12.1 Å². The number of nitriles is 1. The maximum absolute atomic E-state index is 9.59. The molecule has 0 aliphatic carbocycles. The highest BCUT2D eigenvalue weighted by atomic mass is 15.2. The molecule has 0 bridgehead atoms. The topological polar surface area (TPSA) is 107 Å². The van der Waals surface area contributed by atoms with Crippen molar-refractivity contribution in [2.75, 3.05) is 12.3 Å². The molecular formula is C19H20N6. The lowest BCUT2D eigenvalue weighted by Crippen LogP contribution is -2.04. The number of anilines is 1. The van der Waals surface area contributed by atoms with Gasteiger partial charge in [-0.25, -0.2) is 4.98 Å². The van der Waals surface area contributed by atoms with E-state index < -0.39 is 0 Å². The number of nitrogens with zero attached hydrogens (tertiary/aromatic N) is 4. The van der Waals surface area contributed by atoms with Gasteiger partial charge in [0.25, 0.3) is 0 Å². The summed E-state index contributed by atoms with van der Waals surface area (Å²) in [5, 5.41) is 13.8. The molecule has 25 heavy (non-hydrogen) atoms. The molecule has 3 rings (SSSR count). The van der Waals surface area contributed by atoms with E-state index in [4.69, 9.17) is 11.5 Å². The number of aryl methyl sites for hydroxylation is 1. The third-order valence-corrected chi connectivity index (χ3v) is 4.23. The van der Waals surface area contributed by atoms with Gasteiger partial charge in [0.05, 0.1) is 11.9 Å². The molecule has 0 aliphatic rings. The summed E-state index contributed by atoms with van der Waals surface area (Å²) in [6.07, 6.45) is 4.45. The highest BCUT2D eigenvalue weighted by Crippen LogP contribution is 2.35. The van der Waals surface area contributed by atoms with Crippen LogP contribution in [0.15, 0.2) is 36.7 Å². The molecule has 2 heterocycles. The zero-order chi connectivity index (χ0) is 18.0. The Balaban J connectivity index is 2.20. The van der Waals surface area contributed by atoms with Crippen LogP contribution >= 0.6 is 0 Å². The quantitative estimate of drug-likeness (QED) is 0.763. The van der Waals surface area contributed by atoms with Crippen LogP contribution in [0.2, 0.25) is 0 Å². The maximum Gasteiger partial charge on any atom is 0.142 e. The highest BCUT2D eigenvalue weighted by Gasteiger charge is 2.18. The van der Waals surface area contributed by atoms with Gasteiger partial charge in [-0.3, -0.25) is 4.68 Å². The van der Waals surface area contributed by atoms with Gasteiger partial charge < -0.3 is 11.5 Å². The Bertz CT molecular complexity index is 947. The van der Waals surface area contributed by atoms with Gasteiger partial charge >= 0.3 is 0 Å². The summed E-state index contributed by atoms with van der Waals surface area (Å²) in [6, 6.07) is 10.3. The Morgan fingerprint density at radius 1 is 1.20 bits per heavy atom. The second-order valence-corrected chi connectivity index (χ2v) is 5.97. The molecular weight excluding hydrogens is 312 g/mol. The third kappa shape index (κ3) is 3.10. The molecule has 0 spiro atoms. The van der Waals surface area contributed by atoms with Crippen LogP contribution < -0.4 is 11.5 Å². The number of benzene rings is 1. The van der Waals surface area contributed by atoms with Gasteiger partial charge in [0.2, 0.25) is 0 Å². The smallest absolute Gasteiger partial charge is 0.142 e. The van der Waals surface area contributed by atoms with Gasteiger partial charge in [0, 0.05) is 24.4 Å². The van der Waals surface area contributed by atoms with Crippen molar-refractivity contribution in [3.8, 4) is 28.5 Å². The minimum Gasteiger partial charge on any atom is -0.383 e. The van der Waals surface area contributed by atoms with Gasteiger partial charge in [0.15, 0.2) is 0 Å². The fourth-order valence-electron chi connectivity index (χ4n) is 3.00. The van der Waals surface area contributed by atoms with Crippen molar-refractivity contribution in [3.63, 3.8) is 0 Å². The molecule has 6 nitrogen and oxygen atoms in total. The summed E-state index contributed by atoms with van der Waals surface area (Å²) in [5.74, 6) is 0.230. The van der Waals surface area contributed by atoms with Crippen molar-refractivity contribution < 1.29 is 0 Å². The first kappa shape index (κ1) is 16.7. The minimum absolute atomic E-state index is 0.230. The average molecular weight is 332 g/mol. The summed E-state index contributed by atoms with van der Waals surface area (Å²) < 4.78 is 1.71. The van der Waals surface area contributed by atoms with E-state index in [9.17, 15) is 5.26 Å². The summed E-state index contributed by atoms with van der Waals surface area (Å²) in [6.45, 7) is 2.56. The Morgan fingerprint density at radius 2 is 1.92 bits per heavy atom. The van der Waals surface area contributed by atoms with Gasteiger partial charge in [-0.15, -0.1) is 0 Å². The number of nitrogen functional groups attached to an aromatic ring is 1. The number of hydrogen-bond donors (Lipinski definition) is 2. The molecule has 0 atom stereocenters. The Hall–Kier alpha value is -3.17. The molecule has 3 aromatic rings. The molecule has 126 valence electrons. The van der Waals surface area contributed by atoms with Crippen molar-refractivity contribution in [2.45, 2.75) is 13.3 Å². The monoisotopic (exact) mass is 332 g/mol. The molecule has 0 radical (unpaired) electrons. The van der Waals surface area contributed by atoms with E-state index in [1.165, 1.54) is 0 Å². The zero-order valence-corrected chi connectivity index (χ0v) is 14.3. The van der Waals surface area contributed by atoms with Crippen molar-refractivity contribution in [1.82, 2.24) is 14.8 Å². The number of rotatable bonds is 4. The predicted molar refractivity (Wildman–Crippen MR) is 98.5 cm³/mol. The molecule has 0 saturated heterocycles. The van der Waals surface area contributed by atoms with Crippen LogP contribution in [0.5, 0.6) is 0 Å². The molecule has 2 aromatic heterocycles.